The molecule has 1 aromatic heterocycles. The van der Waals surface area contributed by atoms with Crippen molar-refractivity contribution >= 4 is 23.4 Å². The summed E-state index contributed by atoms with van der Waals surface area (Å²) in [5, 5.41) is 3.15. The van der Waals surface area contributed by atoms with E-state index in [0.717, 1.165) is 36.0 Å². The Morgan fingerprint density at radius 1 is 1.33 bits per heavy atom. The van der Waals surface area contributed by atoms with Crippen molar-refractivity contribution in [3.05, 3.63) is 11.4 Å². The average molecular weight is 268 g/mol. The molecule has 0 aromatic carbocycles. The molecule has 0 atom stereocenters. The second-order valence-electron chi connectivity index (χ2n) is 4.31. The van der Waals surface area contributed by atoms with E-state index < -0.39 is 0 Å². The second-order valence-corrected chi connectivity index (χ2v) is 5.29. The normalized spacial score (nSPS) is 10.5. The number of hydrogen-bond donors (Lipinski definition) is 1. The zero-order valence-corrected chi connectivity index (χ0v) is 12.9. The molecule has 0 saturated heterocycles. The molecule has 0 aliphatic carbocycles. The Kier molecular flexibility index (Phi) is 6.25. The van der Waals surface area contributed by atoms with Crippen LogP contribution in [-0.4, -0.2) is 42.6 Å². The van der Waals surface area contributed by atoms with Gasteiger partial charge >= 0.3 is 0 Å². The minimum atomic E-state index is 0.862. The molecule has 0 amide bonds. The lowest BCUT2D eigenvalue weighted by molar-refractivity contribution is 0.820. The molecule has 1 aromatic rings. The number of aryl methyl sites for hydroxylation is 1. The summed E-state index contributed by atoms with van der Waals surface area (Å²) in [6.45, 7) is 5.19. The van der Waals surface area contributed by atoms with Crippen LogP contribution in [0.15, 0.2) is 0 Å². The van der Waals surface area contributed by atoms with Crippen LogP contribution in [0.25, 0.3) is 0 Å². The van der Waals surface area contributed by atoms with Gasteiger partial charge in [0.05, 0.1) is 0 Å². The van der Waals surface area contributed by atoms with Crippen LogP contribution < -0.4 is 10.2 Å². The SMILES string of the molecule is CCc1nc(NC)c(C)c(N(C)CCCSC)n1. The van der Waals surface area contributed by atoms with Crippen molar-refractivity contribution in [3.8, 4) is 0 Å². The largest absolute Gasteiger partial charge is 0.373 e. The van der Waals surface area contributed by atoms with Crippen molar-refractivity contribution in [2.75, 3.05) is 42.9 Å². The van der Waals surface area contributed by atoms with Crippen molar-refractivity contribution in [1.82, 2.24) is 9.97 Å². The highest BCUT2D eigenvalue weighted by Gasteiger charge is 2.12. The highest BCUT2D eigenvalue weighted by Crippen LogP contribution is 2.22. The summed E-state index contributed by atoms with van der Waals surface area (Å²) in [4.78, 5) is 11.4. The average Bonchev–Trinajstić information content (AvgIpc) is 2.39. The van der Waals surface area contributed by atoms with Crippen molar-refractivity contribution in [2.45, 2.75) is 26.7 Å². The molecule has 0 spiro atoms. The highest BCUT2D eigenvalue weighted by molar-refractivity contribution is 7.98. The van der Waals surface area contributed by atoms with Gasteiger partial charge in [-0.15, -0.1) is 0 Å². The molecule has 0 unspecified atom stereocenters. The van der Waals surface area contributed by atoms with Gasteiger partial charge in [0.15, 0.2) is 0 Å². The predicted molar refractivity (Wildman–Crippen MR) is 82.0 cm³/mol. The zero-order chi connectivity index (χ0) is 13.5. The van der Waals surface area contributed by atoms with Gasteiger partial charge in [-0.2, -0.15) is 11.8 Å². The maximum absolute atomic E-state index is 4.65. The van der Waals surface area contributed by atoms with E-state index in [9.17, 15) is 0 Å². The number of aromatic nitrogens is 2. The quantitative estimate of drug-likeness (QED) is 0.770. The standard InChI is InChI=1S/C13H24N4S/c1-6-11-15-12(14-3)10(2)13(16-11)17(4)8-7-9-18-5/h6-9H2,1-5H3,(H,14,15,16). The molecular formula is C13H24N4S. The molecule has 1 rings (SSSR count). The van der Waals surface area contributed by atoms with Gasteiger partial charge in [-0.05, 0) is 25.4 Å². The summed E-state index contributed by atoms with van der Waals surface area (Å²) in [7, 11) is 4.01. The van der Waals surface area contributed by atoms with Crippen LogP contribution in [0.3, 0.4) is 0 Å². The van der Waals surface area contributed by atoms with Gasteiger partial charge < -0.3 is 10.2 Å². The number of nitrogens with one attached hydrogen (secondary N) is 1. The maximum Gasteiger partial charge on any atom is 0.137 e. The third-order valence-electron chi connectivity index (χ3n) is 2.92. The Balaban J connectivity index is 2.91. The Bertz CT molecular complexity index is 381. The Morgan fingerprint density at radius 3 is 2.61 bits per heavy atom. The molecule has 0 aliphatic heterocycles. The van der Waals surface area contributed by atoms with Crippen LogP contribution in [0.4, 0.5) is 11.6 Å². The minimum Gasteiger partial charge on any atom is -0.373 e. The molecule has 0 radical (unpaired) electrons. The highest BCUT2D eigenvalue weighted by atomic mass is 32.2. The number of nitrogens with zero attached hydrogens (tertiary/aromatic N) is 3. The first-order valence-electron chi connectivity index (χ1n) is 6.39. The van der Waals surface area contributed by atoms with Crippen LogP contribution in [0.1, 0.15) is 24.7 Å². The van der Waals surface area contributed by atoms with Crippen LogP contribution in [0, 0.1) is 6.92 Å². The summed E-state index contributed by atoms with van der Waals surface area (Å²) in [5.41, 5.74) is 1.13. The third kappa shape index (κ3) is 3.77. The van der Waals surface area contributed by atoms with E-state index in [1.807, 2.05) is 18.8 Å². The zero-order valence-electron chi connectivity index (χ0n) is 12.1. The first-order valence-corrected chi connectivity index (χ1v) is 7.78. The van der Waals surface area contributed by atoms with Crippen molar-refractivity contribution in [1.29, 1.82) is 0 Å². The lowest BCUT2D eigenvalue weighted by atomic mass is 10.2. The molecule has 18 heavy (non-hydrogen) atoms. The first-order chi connectivity index (χ1) is 8.63. The van der Waals surface area contributed by atoms with Gasteiger partial charge in [0.25, 0.3) is 0 Å². The van der Waals surface area contributed by atoms with Crippen LogP contribution in [0.2, 0.25) is 0 Å². The van der Waals surface area contributed by atoms with E-state index in [1.54, 1.807) is 0 Å². The molecule has 102 valence electrons. The van der Waals surface area contributed by atoms with Gasteiger partial charge in [-0.3, -0.25) is 0 Å². The molecular weight excluding hydrogens is 244 g/mol. The predicted octanol–water partition coefficient (Wildman–Crippen LogP) is 2.58. The van der Waals surface area contributed by atoms with E-state index in [2.05, 4.69) is 47.3 Å². The fourth-order valence-corrected chi connectivity index (χ4v) is 2.29. The van der Waals surface area contributed by atoms with E-state index >= 15 is 0 Å². The van der Waals surface area contributed by atoms with Gasteiger partial charge in [0.1, 0.15) is 17.5 Å². The molecule has 1 N–H and O–H groups in total. The number of hydrogen-bond acceptors (Lipinski definition) is 5. The summed E-state index contributed by atoms with van der Waals surface area (Å²) in [6, 6.07) is 0. The van der Waals surface area contributed by atoms with E-state index in [0.29, 0.717) is 0 Å². The lowest BCUT2D eigenvalue weighted by Gasteiger charge is -2.22. The van der Waals surface area contributed by atoms with Crippen LogP contribution in [0.5, 0.6) is 0 Å². The summed E-state index contributed by atoms with van der Waals surface area (Å²) in [5.74, 6) is 4.08. The maximum atomic E-state index is 4.65. The first kappa shape index (κ1) is 15.1. The summed E-state index contributed by atoms with van der Waals surface area (Å²) >= 11 is 1.89. The molecule has 0 saturated carbocycles. The van der Waals surface area contributed by atoms with Crippen LogP contribution in [-0.2, 0) is 6.42 Å². The molecule has 0 fully saturated rings. The van der Waals surface area contributed by atoms with E-state index in [4.69, 9.17) is 0 Å². The Morgan fingerprint density at radius 2 is 2.06 bits per heavy atom. The lowest BCUT2D eigenvalue weighted by Crippen LogP contribution is -2.22. The van der Waals surface area contributed by atoms with Crippen molar-refractivity contribution < 1.29 is 0 Å². The molecule has 0 bridgehead atoms. The van der Waals surface area contributed by atoms with Crippen molar-refractivity contribution in [2.24, 2.45) is 0 Å². The Hall–Kier alpha value is -0.970. The van der Waals surface area contributed by atoms with Gasteiger partial charge in [0, 0.05) is 32.6 Å². The third-order valence-corrected chi connectivity index (χ3v) is 3.62. The summed E-state index contributed by atoms with van der Waals surface area (Å²) in [6.07, 6.45) is 4.18. The number of thioether (sulfide) groups is 1. The molecule has 1 heterocycles. The molecule has 4 nitrogen and oxygen atoms in total. The molecule has 0 aliphatic rings. The summed E-state index contributed by atoms with van der Waals surface area (Å²) < 4.78 is 0. The van der Waals surface area contributed by atoms with Crippen molar-refractivity contribution in [3.63, 3.8) is 0 Å². The smallest absolute Gasteiger partial charge is 0.137 e. The fourth-order valence-electron chi connectivity index (χ4n) is 1.88. The number of anilines is 2. The monoisotopic (exact) mass is 268 g/mol. The fraction of sp³-hybridized carbons (Fsp3) is 0.692. The minimum absolute atomic E-state index is 0.862. The Labute approximate surface area is 115 Å². The topological polar surface area (TPSA) is 41.1 Å². The van der Waals surface area contributed by atoms with Crippen LogP contribution >= 0.6 is 11.8 Å². The van der Waals surface area contributed by atoms with Gasteiger partial charge in [0.2, 0.25) is 0 Å². The second kappa shape index (κ2) is 7.46. The van der Waals surface area contributed by atoms with Gasteiger partial charge in [-0.25, -0.2) is 9.97 Å². The van der Waals surface area contributed by atoms with E-state index in [1.165, 1.54) is 12.2 Å². The molecule has 5 heteroatoms. The van der Waals surface area contributed by atoms with Gasteiger partial charge in [-0.1, -0.05) is 6.92 Å². The van der Waals surface area contributed by atoms with E-state index in [-0.39, 0.29) is 0 Å². The number of rotatable bonds is 7.